The lowest BCUT2D eigenvalue weighted by Crippen LogP contribution is -2.36. The van der Waals surface area contributed by atoms with Gasteiger partial charge in [0.15, 0.2) is 12.4 Å². The Balaban J connectivity index is 1.86. The van der Waals surface area contributed by atoms with Crippen LogP contribution in [-0.2, 0) is 16.0 Å². The summed E-state index contributed by atoms with van der Waals surface area (Å²) in [6.07, 6.45) is 0.761. The standard InChI is InChI=1S/C19H21N3O6/c1-3-13-6-4-5-7-15(13)21-18(23)11-20-19(24)12-28-17-9-8-14(27-2)10-16(17)22(25)26/h4-10H,3,11-12H2,1-2H3,(H,20,24)(H,21,23). The molecule has 0 unspecified atom stereocenters. The number of hydrogen-bond donors (Lipinski definition) is 2. The fraction of sp³-hybridized carbons (Fsp3) is 0.263. The maximum atomic E-state index is 12.0. The van der Waals surface area contributed by atoms with E-state index in [4.69, 9.17) is 9.47 Å². The van der Waals surface area contributed by atoms with Crippen molar-refractivity contribution in [2.75, 3.05) is 25.6 Å². The van der Waals surface area contributed by atoms with Crippen LogP contribution in [0.1, 0.15) is 12.5 Å². The van der Waals surface area contributed by atoms with Crippen molar-refractivity contribution in [3.63, 3.8) is 0 Å². The normalized spacial score (nSPS) is 10.1. The molecule has 0 saturated heterocycles. The third-order valence-corrected chi connectivity index (χ3v) is 3.84. The van der Waals surface area contributed by atoms with E-state index in [1.54, 1.807) is 6.07 Å². The van der Waals surface area contributed by atoms with Gasteiger partial charge in [-0.1, -0.05) is 25.1 Å². The van der Waals surface area contributed by atoms with Gasteiger partial charge >= 0.3 is 5.69 Å². The van der Waals surface area contributed by atoms with E-state index in [1.165, 1.54) is 25.3 Å². The van der Waals surface area contributed by atoms with E-state index >= 15 is 0 Å². The molecule has 0 atom stereocenters. The molecule has 2 aromatic carbocycles. The summed E-state index contributed by atoms with van der Waals surface area (Å²) in [5.74, 6) is -0.733. The first-order chi connectivity index (χ1) is 13.4. The first-order valence-corrected chi connectivity index (χ1v) is 8.54. The SMILES string of the molecule is CCc1ccccc1NC(=O)CNC(=O)COc1ccc(OC)cc1[N+](=O)[O-]. The Morgan fingerprint density at radius 3 is 2.57 bits per heavy atom. The van der Waals surface area contributed by atoms with Gasteiger partial charge in [-0.2, -0.15) is 0 Å². The number of nitro groups is 1. The number of nitrogens with one attached hydrogen (secondary N) is 2. The van der Waals surface area contributed by atoms with Crippen molar-refractivity contribution < 1.29 is 24.0 Å². The summed E-state index contributed by atoms with van der Waals surface area (Å²) in [4.78, 5) is 34.4. The second-order valence-electron chi connectivity index (χ2n) is 5.72. The van der Waals surface area contributed by atoms with Crippen molar-refractivity contribution in [1.82, 2.24) is 5.32 Å². The highest BCUT2D eigenvalue weighted by Gasteiger charge is 2.18. The number of amides is 2. The molecular weight excluding hydrogens is 366 g/mol. The van der Waals surface area contributed by atoms with Gasteiger partial charge in [-0.25, -0.2) is 0 Å². The third-order valence-electron chi connectivity index (χ3n) is 3.84. The predicted molar refractivity (Wildman–Crippen MR) is 103 cm³/mol. The summed E-state index contributed by atoms with van der Waals surface area (Å²) in [6.45, 7) is 1.26. The van der Waals surface area contributed by atoms with Crippen molar-refractivity contribution in [2.45, 2.75) is 13.3 Å². The van der Waals surface area contributed by atoms with Gasteiger partial charge in [-0.3, -0.25) is 19.7 Å². The first kappa shape index (κ1) is 20.7. The molecule has 0 aliphatic heterocycles. The number of carbonyl (C=O) groups excluding carboxylic acids is 2. The minimum absolute atomic E-state index is 0.0673. The summed E-state index contributed by atoms with van der Waals surface area (Å²) >= 11 is 0. The zero-order valence-corrected chi connectivity index (χ0v) is 15.6. The van der Waals surface area contributed by atoms with Crippen LogP contribution in [0.25, 0.3) is 0 Å². The van der Waals surface area contributed by atoms with E-state index in [0.29, 0.717) is 11.4 Å². The van der Waals surface area contributed by atoms with Gasteiger partial charge in [0.2, 0.25) is 5.91 Å². The van der Waals surface area contributed by atoms with Crippen LogP contribution in [0.2, 0.25) is 0 Å². The first-order valence-electron chi connectivity index (χ1n) is 8.54. The van der Waals surface area contributed by atoms with Crippen LogP contribution < -0.4 is 20.1 Å². The number of nitrogens with zero attached hydrogens (tertiary/aromatic N) is 1. The monoisotopic (exact) mass is 387 g/mol. The number of aryl methyl sites for hydroxylation is 1. The van der Waals surface area contributed by atoms with E-state index in [9.17, 15) is 19.7 Å². The number of carbonyl (C=O) groups is 2. The van der Waals surface area contributed by atoms with Crippen molar-refractivity contribution in [3.05, 3.63) is 58.1 Å². The highest BCUT2D eigenvalue weighted by molar-refractivity contribution is 5.95. The van der Waals surface area contributed by atoms with E-state index in [1.807, 2.05) is 25.1 Å². The maximum absolute atomic E-state index is 12.0. The van der Waals surface area contributed by atoms with Gasteiger partial charge in [0.05, 0.1) is 24.6 Å². The molecule has 0 aliphatic rings. The number of para-hydroxylation sites is 1. The number of anilines is 1. The largest absolute Gasteiger partial charge is 0.496 e. The molecule has 2 rings (SSSR count). The van der Waals surface area contributed by atoms with Gasteiger partial charge in [0, 0.05) is 5.69 Å². The van der Waals surface area contributed by atoms with Crippen LogP contribution in [-0.4, -0.2) is 37.0 Å². The fourth-order valence-corrected chi connectivity index (χ4v) is 2.41. The van der Waals surface area contributed by atoms with Gasteiger partial charge < -0.3 is 20.1 Å². The number of methoxy groups -OCH3 is 1. The van der Waals surface area contributed by atoms with Crippen LogP contribution in [0.5, 0.6) is 11.5 Å². The van der Waals surface area contributed by atoms with Crippen molar-refractivity contribution in [2.24, 2.45) is 0 Å². The predicted octanol–water partition coefficient (Wildman–Crippen LogP) is 2.30. The van der Waals surface area contributed by atoms with Gasteiger partial charge in [-0.05, 0) is 30.2 Å². The van der Waals surface area contributed by atoms with Crippen LogP contribution in [0, 0.1) is 10.1 Å². The van der Waals surface area contributed by atoms with Crippen LogP contribution >= 0.6 is 0 Å². The van der Waals surface area contributed by atoms with E-state index in [-0.39, 0.29) is 23.9 Å². The lowest BCUT2D eigenvalue weighted by Gasteiger charge is -2.11. The lowest BCUT2D eigenvalue weighted by atomic mass is 10.1. The fourth-order valence-electron chi connectivity index (χ4n) is 2.41. The summed E-state index contributed by atoms with van der Waals surface area (Å²) < 4.78 is 10.1. The maximum Gasteiger partial charge on any atom is 0.314 e. The zero-order valence-electron chi connectivity index (χ0n) is 15.6. The Kier molecular flexibility index (Phi) is 7.32. The molecular formula is C19H21N3O6. The van der Waals surface area contributed by atoms with E-state index in [2.05, 4.69) is 10.6 Å². The number of benzene rings is 2. The smallest absolute Gasteiger partial charge is 0.314 e. The number of ether oxygens (including phenoxy) is 2. The summed E-state index contributed by atoms with van der Waals surface area (Å²) in [5.41, 5.74) is 1.35. The van der Waals surface area contributed by atoms with Crippen molar-refractivity contribution in [3.8, 4) is 11.5 Å². The topological polar surface area (TPSA) is 120 Å². The van der Waals surface area contributed by atoms with Crippen molar-refractivity contribution >= 4 is 23.2 Å². The molecule has 2 aromatic rings. The quantitative estimate of drug-likeness (QED) is 0.503. The Morgan fingerprint density at radius 2 is 1.89 bits per heavy atom. The number of nitro benzene ring substituents is 1. The molecule has 0 saturated carbocycles. The Labute approximate surface area is 161 Å². The van der Waals surface area contributed by atoms with Gasteiger partial charge in [0.25, 0.3) is 5.91 Å². The Hall–Kier alpha value is -3.62. The number of hydrogen-bond acceptors (Lipinski definition) is 6. The average Bonchev–Trinajstić information content (AvgIpc) is 2.70. The van der Waals surface area contributed by atoms with Crippen LogP contribution in [0.4, 0.5) is 11.4 Å². The molecule has 0 radical (unpaired) electrons. The van der Waals surface area contributed by atoms with E-state index < -0.39 is 17.4 Å². The number of rotatable bonds is 9. The second kappa shape index (κ2) is 9.91. The van der Waals surface area contributed by atoms with Crippen molar-refractivity contribution in [1.29, 1.82) is 0 Å². The molecule has 0 aromatic heterocycles. The zero-order chi connectivity index (χ0) is 20.5. The second-order valence-corrected chi connectivity index (χ2v) is 5.72. The molecule has 2 amide bonds. The van der Waals surface area contributed by atoms with Crippen LogP contribution in [0.15, 0.2) is 42.5 Å². The summed E-state index contributed by atoms with van der Waals surface area (Å²) in [6, 6.07) is 11.4. The van der Waals surface area contributed by atoms with E-state index in [0.717, 1.165) is 12.0 Å². The molecule has 148 valence electrons. The Bertz CT molecular complexity index is 868. The Morgan fingerprint density at radius 1 is 1.14 bits per heavy atom. The summed E-state index contributed by atoms with van der Waals surface area (Å²) in [5, 5.41) is 16.2. The van der Waals surface area contributed by atoms with Gasteiger partial charge in [-0.15, -0.1) is 0 Å². The molecule has 9 heteroatoms. The molecule has 28 heavy (non-hydrogen) atoms. The lowest BCUT2D eigenvalue weighted by molar-refractivity contribution is -0.385. The summed E-state index contributed by atoms with van der Waals surface area (Å²) in [7, 11) is 1.39. The average molecular weight is 387 g/mol. The highest BCUT2D eigenvalue weighted by atomic mass is 16.6. The minimum Gasteiger partial charge on any atom is -0.496 e. The molecule has 0 fully saturated rings. The molecule has 0 spiro atoms. The highest BCUT2D eigenvalue weighted by Crippen LogP contribution is 2.30. The molecule has 2 N–H and O–H groups in total. The van der Waals surface area contributed by atoms with Crippen LogP contribution in [0.3, 0.4) is 0 Å². The molecule has 9 nitrogen and oxygen atoms in total. The minimum atomic E-state index is -0.631. The van der Waals surface area contributed by atoms with Gasteiger partial charge in [0.1, 0.15) is 5.75 Å². The third kappa shape index (κ3) is 5.70. The molecule has 0 bridgehead atoms. The molecule has 0 aliphatic carbocycles. The molecule has 0 heterocycles.